The van der Waals surface area contributed by atoms with Crippen LogP contribution in [0.1, 0.15) is 16.6 Å². The number of carbonyl (C=O) groups excluding carboxylic acids is 1. The van der Waals surface area contributed by atoms with Gasteiger partial charge in [-0.05, 0) is 18.4 Å². The van der Waals surface area contributed by atoms with Crippen LogP contribution in [0.15, 0.2) is 16.3 Å². The summed E-state index contributed by atoms with van der Waals surface area (Å²) in [5, 5.41) is 1.49. The molecule has 0 amide bonds. The van der Waals surface area contributed by atoms with Gasteiger partial charge in [-0.15, -0.1) is 23.1 Å². The van der Waals surface area contributed by atoms with Gasteiger partial charge in [0.2, 0.25) is 10.0 Å². The number of sulfonamides is 1. The highest BCUT2D eigenvalue weighted by Gasteiger charge is 2.36. The van der Waals surface area contributed by atoms with Gasteiger partial charge < -0.3 is 4.74 Å². The summed E-state index contributed by atoms with van der Waals surface area (Å²) in [5.41, 5.74) is 0. The van der Waals surface area contributed by atoms with Crippen LogP contribution in [0.4, 0.5) is 0 Å². The summed E-state index contributed by atoms with van der Waals surface area (Å²) in [6, 6.07) is 1.46. The molecule has 100 valence electrons. The zero-order valence-corrected chi connectivity index (χ0v) is 12.4. The molecule has 0 aliphatic carbocycles. The second-order valence-corrected chi connectivity index (χ2v) is 7.89. The van der Waals surface area contributed by atoms with Gasteiger partial charge in [0.25, 0.3) is 0 Å². The van der Waals surface area contributed by atoms with Crippen molar-refractivity contribution < 1.29 is 17.9 Å². The van der Waals surface area contributed by atoms with Crippen LogP contribution in [0, 0.1) is 0 Å². The Morgan fingerprint density at radius 3 is 2.83 bits per heavy atom. The highest BCUT2D eigenvalue weighted by Crippen LogP contribution is 2.32. The molecule has 0 radical (unpaired) electrons. The Kier molecular flexibility index (Phi) is 4.00. The highest BCUT2D eigenvalue weighted by molar-refractivity contribution is 8.01. The second kappa shape index (κ2) is 5.20. The number of nitrogens with zero attached hydrogens (tertiary/aromatic N) is 1. The SMILES string of the molecule is COC(=O)c1sccc1S(=O)(=O)N1CCSC1C. The Balaban J connectivity index is 2.42. The maximum Gasteiger partial charge on any atom is 0.349 e. The predicted molar refractivity (Wildman–Crippen MR) is 71.5 cm³/mol. The third kappa shape index (κ3) is 2.29. The monoisotopic (exact) mass is 307 g/mol. The van der Waals surface area contributed by atoms with Crippen molar-refractivity contribution in [3.05, 3.63) is 16.3 Å². The summed E-state index contributed by atoms with van der Waals surface area (Å²) in [5.74, 6) is 0.168. The fourth-order valence-electron chi connectivity index (χ4n) is 1.76. The first-order valence-electron chi connectivity index (χ1n) is 5.27. The normalized spacial score (nSPS) is 21.1. The van der Waals surface area contributed by atoms with Crippen molar-refractivity contribution in [2.75, 3.05) is 19.4 Å². The van der Waals surface area contributed by atoms with Crippen LogP contribution in [-0.4, -0.2) is 43.5 Å². The molecule has 18 heavy (non-hydrogen) atoms. The molecule has 0 bridgehead atoms. The summed E-state index contributed by atoms with van der Waals surface area (Å²) < 4.78 is 30.9. The summed E-state index contributed by atoms with van der Waals surface area (Å²) in [7, 11) is -2.37. The lowest BCUT2D eigenvalue weighted by molar-refractivity contribution is 0.0602. The van der Waals surface area contributed by atoms with E-state index in [1.807, 2.05) is 6.92 Å². The first kappa shape index (κ1) is 13.9. The van der Waals surface area contributed by atoms with Crippen molar-refractivity contribution in [1.82, 2.24) is 4.31 Å². The van der Waals surface area contributed by atoms with Gasteiger partial charge in [-0.2, -0.15) is 4.31 Å². The van der Waals surface area contributed by atoms with E-state index in [2.05, 4.69) is 4.74 Å². The van der Waals surface area contributed by atoms with Gasteiger partial charge in [0, 0.05) is 12.3 Å². The lowest BCUT2D eigenvalue weighted by Crippen LogP contribution is -2.33. The number of hydrogen-bond acceptors (Lipinski definition) is 6. The number of hydrogen-bond donors (Lipinski definition) is 0. The van der Waals surface area contributed by atoms with Crippen molar-refractivity contribution in [3.8, 4) is 0 Å². The topological polar surface area (TPSA) is 63.7 Å². The second-order valence-electron chi connectivity index (χ2n) is 3.69. The summed E-state index contributed by atoms with van der Waals surface area (Å²) >= 11 is 2.67. The molecule has 0 spiro atoms. The molecule has 1 aromatic heterocycles. The summed E-state index contributed by atoms with van der Waals surface area (Å²) in [6.07, 6.45) is 0. The average molecular weight is 307 g/mol. The zero-order chi connectivity index (χ0) is 13.3. The molecule has 2 heterocycles. The first-order chi connectivity index (χ1) is 8.48. The van der Waals surface area contributed by atoms with Gasteiger partial charge in [-0.3, -0.25) is 0 Å². The number of thioether (sulfide) groups is 1. The lowest BCUT2D eigenvalue weighted by atomic mass is 10.5. The molecular formula is C10H13NO4S3. The maximum absolute atomic E-state index is 12.5. The quantitative estimate of drug-likeness (QED) is 0.794. The van der Waals surface area contributed by atoms with E-state index in [0.29, 0.717) is 6.54 Å². The van der Waals surface area contributed by atoms with Crippen molar-refractivity contribution in [2.24, 2.45) is 0 Å². The molecule has 1 atom stereocenters. The number of methoxy groups -OCH3 is 1. The summed E-state index contributed by atoms with van der Waals surface area (Å²) in [6.45, 7) is 2.32. The van der Waals surface area contributed by atoms with E-state index in [1.54, 1.807) is 17.1 Å². The molecule has 5 nitrogen and oxygen atoms in total. The van der Waals surface area contributed by atoms with E-state index in [1.165, 1.54) is 17.5 Å². The van der Waals surface area contributed by atoms with E-state index in [4.69, 9.17) is 0 Å². The molecule has 1 unspecified atom stereocenters. The molecule has 1 aromatic rings. The molecule has 1 fully saturated rings. The highest BCUT2D eigenvalue weighted by atomic mass is 32.2. The number of rotatable bonds is 3. The molecule has 1 saturated heterocycles. The summed E-state index contributed by atoms with van der Waals surface area (Å²) in [4.78, 5) is 11.7. The fraction of sp³-hybridized carbons (Fsp3) is 0.500. The minimum absolute atomic E-state index is 0.0497. The molecule has 0 N–H and O–H groups in total. The maximum atomic E-state index is 12.5. The van der Waals surface area contributed by atoms with Gasteiger partial charge in [0.1, 0.15) is 9.77 Å². The third-order valence-electron chi connectivity index (χ3n) is 2.66. The van der Waals surface area contributed by atoms with E-state index in [0.717, 1.165) is 17.1 Å². The van der Waals surface area contributed by atoms with Crippen molar-refractivity contribution in [2.45, 2.75) is 17.2 Å². The minimum atomic E-state index is -3.61. The van der Waals surface area contributed by atoms with Gasteiger partial charge in [0.15, 0.2) is 0 Å². The average Bonchev–Trinajstić information content (AvgIpc) is 2.96. The third-order valence-corrected chi connectivity index (χ3v) is 6.99. The lowest BCUT2D eigenvalue weighted by Gasteiger charge is -2.19. The smallest absolute Gasteiger partial charge is 0.349 e. The van der Waals surface area contributed by atoms with Crippen LogP contribution in [0.3, 0.4) is 0 Å². The van der Waals surface area contributed by atoms with E-state index >= 15 is 0 Å². The van der Waals surface area contributed by atoms with E-state index < -0.39 is 16.0 Å². The van der Waals surface area contributed by atoms with Gasteiger partial charge >= 0.3 is 5.97 Å². The zero-order valence-electron chi connectivity index (χ0n) is 9.95. The predicted octanol–water partition coefficient (Wildman–Crippen LogP) is 1.62. The van der Waals surface area contributed by atoms with Gasteiger partial charge in [-0.25, -0.2) is 13.2 Å². The fourth-order valence-corrected chi connectivity index (χ4v) is 6.10. The molecule has 2 rings (SSSR count). The largest absolute Gasteiger partial charge is 0.465 e. The Hall–Kier alpha value is -0.570. The Morgan fingerprint density at radius 1 is 1.56 bits per heavy atom. The molecule has 1 aliphatic heterocycles. The van der Waals surface area contributed by atoms with Crippen molar-refractivity contribution in [3.63, 3.8) is 0 Å². The van der Waals surface area contributed by atoms with Crippen LogP contribution in [0.2, 0.25) is 0 Å². The molecule has 0 saturated carbocycles. The number of carbonyl (C=O) groups is 1. The van der Waals surface area contributed by atoms with Crippen LogP contribution < -0.4 is 0 Å². The Morgan fingerprint density at radius 2 is 2.28 bits per heavy atom. The number of esters is 1. The van der Waals surface area contributed by atoms with E-state index in [9.17, 15) is 13.2 Å². The van der Waals surface area contributed by atoms with Crippen LogP contribution in [0.25, 0.3) is 0 Å². The standard InChI is InChI=1S/C10H13NO4S3/c1-7-11(4-6-16-7)18(13,14)8-3-5-17-9(8)10(12)15-2/h3,5,7H,4,6H2,1-2H3. The van der Waals surface area contributed by atoms with Crippen LogP contribution in [0.5, 0.6) is 0 Å². The van der Waals surface area contributed by atoms with Gasteiger partial charge in [0.05, 0.1) is 12.5 Å². The van der Waals surface area contributed by atoms with Crippen molar-refractivity contribution in [1.29, 1.82) is 0 Å². The Labute approximate surface area is 114 Å². The van der Waals surface area contributed by atoms with Crippen LogP contribution >= 0.6 is 23.1 Å². The van der Waals surface area contributed by atoms with Gasteiger partial charge in [-0.1, -0.05) is 0 Å². The number of thiophene rings is 1. The van der Waals surface area contributed by atoms with Crippen LogP contribution in [-0.2, 0) is 14.8 Å². The number of ether oxygens (including phenoxy) is 1. The van der Waals surface area contributed by atoms with Crippen molar-refractivity contribution >= 4 is 39.1 Å². The first-order valence-corrected chi connectivity index (χ1v) is 8.64. The molecule has 0 aromatic carbocycles. The molecule has 1 aliphatic rings. The molecule has 8 heteroatoms. The minimum Gasteiger partial charge on any atom is -0.465 e. The van der Waals surface area contributed by atoms with E-state index in [-0.39, 0.29) is 15.1 Å². The Bertz CT molecular complexity index is 551. The molecular weight excluding hydrogens is 294 g/mol.